The lowest BCUT2D eigenvalue weighted by molar-refractivity contribution is 0.0954. The lowest BCUT2D eigenvalue weighted by atomic mass is 10.1. The van der Waals surface area contributed by atoms with Crippen LogP contribution in [0.25, 0.3) is 21.8 Å². The van der Waals surface area contributed by atoms with Gasteiger partial charge in [-0.15, -0.1) is 0 Å². The molecule has 26 heavy (non-hydrogen) atoms. The van der Waals surface area contributed by atoms with E-state index in [4.69, 9.17) is 11.6 Å². The number of nitrogens with zero attached hydrogens (tertiary/aromatic N) is 1. The Kier molecular flexibility index (Phi) is 4.22. The molecule has 2 N–H and O–H groups in total. The number of benzene rings is 2. The van der Waals surface area contributed by atoms with Gasteiger partial charge in [-0.3, -0.25) is 9.59 Å². The quantitative estimate of drug-likeness (QED) is 0.580. The lowest BCUT2D eigenvalue weighted by Gasteiger charge is -2.09. The smallest absolute Gasteiger partial charge is 0.252 e. The minimum atomic E-state index is -0.292. The molecule has 2 aromatic carbocycles. The third kappa shape index (κ3) is 2.97. The first-order chi connectivity index (χ1) is 12.6. The standard InChI is InChI=1S/C20H16ClN3O2/c21-16-5-3-7-18-14(16)8-10-24(18)11-9-22-20(26)15-12-19(25)23-17-6-2-1-4-13(15)17/h1-8,10,12H,9,11H2,(H,22,26)(H,23,25). The van der Waals surface area contributed by atoms with Gasteiger partial charge in [0.1, 0.15) is 0 Å². The van der Waals surface area contributed by atoms with Crippen LogP contribution in [0.15, 0.2) is 65.6 Å². The first-order valence-corrected chi connectivity index (χ1v) is 8.65. The van der Waals surface area contributed by atoms with Gasteiger partial charge in [0.2, 0.25) is 5.56 Å². The molecule has 0 fully saturated rings. The zero-order chi connectivity index (χ0) is 18.1. The molecule has 0 atom stereocenters. The molecule has 0 unspecified atom stereocenters. The summed E-state index contributed by atoms with van der Waals surface area (Å²) in [7, 11) is 0. The van der Waals surface area contributed by atoms with Gasteiger partial charge in [0.05, 0.1) is 5.56 Å². The number of fused-ring (bicyclic) bond motifs is 2. The number of carbonyl (C=O) groups is 1. The van der Waals surface area contributed by atoms with E-state index in [1.54, 1.807) is 6.07 Å². The Morgan fingerprint density at radius 2 is 1.92 bits per heavy atom. The van der Waals surface area contributed by atoms with Gasteiger partial charge >= 0.3 is 0 Å². The van der Waals surface area contributed by atoms with Crippen LogP contribution in [-0.4, -0.2) is 22.0 Å². The molecule has 0 spiro atoms. The minimum Gasteiger partial charge on any atom is -0.350 e. The molecule has 4 rings (SSSR count). The van der Waals surface area contributed by atoms with Crippen molar-refractivity contribution < 1.29 is 4.79 Å². The van der Waals surface area contributed by atoms with E-state index in [9.17, 15) is 9.59 Å². The van der Waals surface area contributed by atoms with E-state index in [0.717, 1.165) is 16.3 Å². The molecule has 130 valence electrons. The van der Waals surface area contributed by atoms with Gasteiger partial charge in [0, 0.05) is 52.2 Å². The number of hydrogen-bond donors (Lipinski definition) is 2. The van der Waals surface area contributed by atoms with Gasteiger partial charge in [0.25, 0.3) is 5.91 Å². The molecule has 1 amide bonds. The average Bonchev–Trinajstić information content (AvgIpc) is 3.05. The molecule has 2 heterocycles. The SMILES string of the molecule is O=C(NCCn1ccc2c(Cl)cccc21)c1cc(=O)[nH]c2ccccc12. The second-order valence-corrected chi connectivity index (χ2v) is 6.44. The second-order valence-electron chi connectivity index (χ2n) is 6.03. The number of nitrogens with one attached hydrogen (secondary N) is 2. The van der Waals surface area contributed by atoms with Crippen LogP contribution < -0.4 is 10.9 Å². The molecule has 0 saturated carbocycles. The number of para-hydroxylation sites is 1. The summed E-state index contributed by atoms with van der Waals surface area (Å²) in [5.74, 6) is -0.262. The predicted octanol–water partition coefficient (Wildman–Crippen LogP) is 3.57. The van der Waals surface area contributed by atoms with E-state index in [-0.39, 0.29) is 11.5 Å². The predicted molar refractivity (Wildman–Crippen MR) is 104 cm³/mol. The fourth-order valence-corrected chi connectivity index (χ4v) is 3.39. The number of rotatable bonds is 4. The normalized spacial score (nSPS) is 11.1. The molecule has 4 aromatic rings. The van der Waals surface area contributed by atoms with Gasteiger partial charge in [-0.2, -0.15) is 0 Å². The molecule has 6 heteroatoms. The maximum atomic E-state index is 12.6. The zero-order valence-corrected chi connectivity index (χ0v) is 14.6. The lowest BCUT2D eigenvalue weighted by Crippen LogP contribution is -2.28. The molecule has 0 radical (unpaired) electrons. The number of pyridine rings is 1. The van der Waals surface area contributed by atoms with Gasteiger partial charge in [-0.25, -0.2) is 0 Å². The summed E-state index contributed by atoms with van der Waals surface area (Å²) in [5, 5.41) is 5.31. The van der Waals surface area contributed by atoms with Crippen molar-refractivity contribution in [1.29, 1.82) is 0 Å². The third-order valence-corrected chi connectivity index (χ3v) is 4.72. The number of hydrogen-bond acceptors (Lipinski definition) is 2. The Bertz CT molecular complexity index is 1180. The summed E-state index contributed by atoms with van der Waals surface area (Å²) in [6.07, 6.45) is 1.95. The fourth-order valence-electron chi connectivity index (χ4n) is 3.16. The van der Waals surface area contributed by atoms with Crippen LogP contribution in [0.4, 0.5) is 0 Å². The number of H-pyrrole nitrogens is 1. The summed E-state index contributed by atoms with van der Waals surface area (Å²) in [6.45, 7) is 1.05. The molecule has 0 aliphatic rings. The summed E-state index contributed by atoms with van der Waals surface area (Å²) in [5.41, 5.74) is 1.76. The van der Waals surface area contributed by atoms with Crippen LogP contribution in [0.3, 0.4) is 0 Å². The molecule has 5 nitrogen and oxygen atoms in total. The summed E-state index contributed by atoms with van der Waals surface area (Å²) in [4.78, 5) is 27.1. The van der Waals surface area contributed by atoms with Crippen molar-refractivity contribution in [3.63, 3.8) is 0 Å². The van der Waals surface area contributed by atoms with Crippen LogP contribution >= 0.6 is 11.6 Å². The molecular weight excluding hydrogens is 350 g/mol. The summed E-state index contributed by atoms with van der Waals surface area (Å²) < 4.78 is 2.04. The largest absolute Gasteiger partial charge is 0.350 e. The van der Waals surface area contributed by atoms with Crippen molar-refractivity contribution in [2.24, 2.45) is 0 Å². The van der Waals surface area contributed by atoms with Crippen LogP contribution in [0, 0.1) is 0 Å². The highest BCUT2D eigenvalue weighted by molar-refractivity contribution is 6.35. The number of aromatic amines is 1. The van der Waals surface area contributed by atoms with Crippen molar-refractivity contribution in [1.82, 2.24) is 14.9 Å². The molecule has 0 saturated heterocycles. The summed E-state index contributed by atoms with van der Waals surface area (Å²) in [6, 6.07) is 16.3. The van der Waals surface area contributed by atoms with E-state index in [0.29, 0.717) is 29.2 Å². The van der Waals surface area contributed by atoms with Gasteiger partial charge in [-0.1, -0.05) is 35.9 Å². The Hall–Kier alpha value is -3.05. The first kappa shape index (κ1) is 16.4. The third-order valence-electron chi connectivity index (χ3n) is 4.39. The maximum absolute atomic E-state index is 12.6. The minimum absolute atomic E-state index is 0.262. The summed E-state index contributed by atoms with van der Waals surface area (Å²) >= 11 is 6.19. The number of aromatic nitrogens is 2. The Labute approximate surface area is 154 Å². The molecular formula is C20H16ClN3O2. The highest BCUT2D eigenvalue weighted by atomic mass is 35.5. The average molecular weight is 366 g/mol. The van der Waals surface area contributed by atoms with E-state index < -0.39 is 0 Å². The van der Waals surface area contributed by atoms with E-state index in [1.807, 2.05) is 53.2 Å². The van der Waals surface area contributed by atoms with Crippen molar-refractivity contribution in [3.8, 4) is 0 Å². The van der Waals surface area contributed by atoms with Crippen LogP contribution in [0.2, 0.25) is 5.02 Å². The van der Waals surface area contributed by atoms with Crippen molar-refractivity contribution in [3.05, 3.63) is 81.7 Å². The number of amides is 1. The second kappa shape index (κ2) is 6.69. The van der Waals surface area contributed by atoms with Gasteiger partial charge in [-0.05, 0) is 24.3 Å². The molecule has 0 aliphatic carbocycles. The van der Waals surface area contributed by atoms with E-state index in [1.165, 1.54) is 6.07 Å². The van der Waals surface area contributed by atoms with Crippen molar-refractivity contribution in [2.75, 3.05) is 6.54 Å². The van der Waals surface area contributed by atoms with Gasteiger partial charge in [0.15, 0.2) is 0 Å². The Balaban J connectivity index is 1.53. The molecule has 0 aliphatic heterocycles. The highest BCUT2D eigenvalue weighted by Crippen LogP contribution is 2.24. The molecule has 0 bridgehead atoms. The van der Waals surface area contributed by atoms with Crippen LogP contribution in [-0.2, 0) is 6.54 Å². The van der Waals surface area contributed by atoms with E-state index >= 15 is 0 Å². The molecule has 2 aromatic heterocycles. The monoisotopic (exact) mass is 365 g/mol. The number of halogens is 1. The number of carbonyl (C=O) groups excluding carboxylic acids is 1. The van der Waals surface area contributed by atoms with Crippen LogP contribution in [0.5, 0.6) is 0 Å². The highest BCUT2D eigenvalue weighted by Gasteiger charge is 2.11. The first-order valence-electron chi connectivity index (χ1n) is 8.27. The Morgan fingerprint density at radius 3 is 2.81 bits per heavy atom. The fraction of sp³-hybridized carbons (Fsp3) is 0.100. The zero-order valence-electron chi connectivity index (χ0n) is 13.8. The van der Waals surface area contributed by atoms with Crippen molar-refractivity contribution in [2.45, 2.75) is 6.54 Å². The van der Waals surface area contributed by atoms with Gasteiger partial charge < -0.3 is 14.9 Å². The van der Waals surface area contributed by atoms with E-state index in [2.05, 4.69) is 10.3 Å². The Morgan fingerprint density at radius 1 is 1.08 bits per heavy atom. The topological polar surface area (TPSA) is 66.9 Å². The maximum Gasteiger partial charge on any atom is 0.252 e. The van der Waals surface area contributed by atoms with Crippen LogP contribution in [0.1, 0.15) is 10.4 Å². The van der Waals surface area contributed by atoms with Crippen molar-refractivity contribution >= 4 is 39.3 Å².